The number of nitriles is 1. The molecule has 9 nitrogen and oxygen atoms in total. The van der Waals surface area contributed by atoms with Crippen LogP contribution < -0.4 is 10.6 Å². The maximum absolute atomic E-state index is 13.5. The van der Waals surface area contributed by atoms with Gasteiger partial charge in [-0.2, -0.15) is 10.4 Å². The molecule has 2 fully saturated rings. The number of benzene rings is 1. The summed E-state index contributed by atoms with van der Waals surface area (Å²) >= 11 is 0. The van der Waals surface area contributed by atoms with Crippen molar-refractivity contribution < 1.29 is 23.2 Å². The Morgan fingerprint density at radius 3 is 2.71 bits per heavy atom. The molecule has 0 unspecified atom stereocenters. The lowest BCUT2D eigenvalue weighted by Gasteiger charge is -2.26. The highest BCUT2D eigenvalue weighted by Gasteiger charge is 2.47. The van der Waals surface area contributed by atoms with E-state index in [0.717, 1.165) is 29.7 Å². The van der Waals surface area contributed by atoms with Crippen molar-refractivity contribution in [1.29, 1.82) is 5.26 Å². The number of nitrogens with one attached hydrogen (secondary N) is 2. The summed E-state index contributed by atoms with van der Waals surface area (Å²) in [4.78, 5) is 37.8. The van der Waals surface area contributed by atoms with Gasteiger partial charge in [0.15, 0.2) is 0 Å². The number of alkyl halides is 2. The van der Waals surface area contributed by atoms with Crippen LogP contribution in [0.1, 0.15) is 52.0 Å². The summed E-state index contributed by atoms with van der Waals surface area (Å²) in [6.45, 7) is -1.02. The Bertz CT molecular complexity index is 1140. The van der Waals surface area contributed by atoms with Crippen LogP contribution in [0, 0.1) is 11.3 Å². The van der Waals surface area contributed by atoms with E-state index in [0.29, 0.717) is 12.1 Å². The molecule has 0 bridgehead atoms. The molecule has 1 aliphatic heterocycles. The molecule has 2 aromatic rings. The number of rotatable bonds is 7. The van der Waals surface area contributed by atoms with Gasteiger partial charge in [-0.15, -0.1) is 0 Å². The minimum atomic E-state index is -3.11. The molecule has 1 atom stereocenters. The minimum Gasteiger partial charge on any atom is -0.349 e. The molecule has 2 heterocycles. The van der Waals surface area contributed by atoms with Crippen LogP contribution in [0.3, 0.4) is 0 Å². The maximum atomic E-state index is 13.5. The Morgan fingerprint density at radius 2 is 2.00 bits per heavy atom. The number of nitrogens with zero attached hydrogens (tertiary/aromatic N) is 4. The number of hydrogen-bond acceptors (Lipinski definition) is 5. The second-order valence-electron chi connectivity index (χ2n) is 8.64. The summed E-state index contributed by atoms with van der Waals surface area (Å²) in [6.07, 6.45) is 5.23. The molecule has 1 aromatic heterocycles. The summed E-state index contributed by atoms with van der Waals surface area (Å²) in [7, 11) is 0. The average Bonchev–Trinajstić information content (AvgIpc) is 3.37. The summed E-state index contributed by atoms with van der Waals surface area (Å²) in [5.74, 6) is -4.57. The zero-order chi connectivity index (χ0) is 24.3. The van der Waals surface area contributed by atoms with Crippen LogP contribution in [-0.2, 0) is 11.3 Å². The molecule has 3 amide bonds. The molecule has 11 heteroatoms. The molecule has 1 saturated carbocycles. The van der Waals surface area contributed by atoms with Crippen LogP contribution in [0.25, 0.3) is 0 Å². The molecule has 0 spiro atoms. The van der Waals surface area contributed by atoms with Crippen LogP contribution in [-0.4, -0.2) is 63.5 Å². The number of amides is 3. The van der Waals surface area contributed by atoms with Gasteiger partial charge >= 0.3 is 0 Å². The van der Waals surface area contributed by atoms with Gasteiger partial charge in [0.2, 0.25) is 5.91 Å². The quantitative estimate of drug-likeness (QED) is 0.638. The monoisotopic (exact) mass is 470 g/mol. The highest BCUT2D eigenvalue weighted by atomic mass is 19.3. The summed E-state index contributed by atoms with van der Waals surface area (Å²) in [6, 6.07) is 7.86. The van der Waals surface area contributed by atoms with E-state index in [1.165, 1.54) is 17.1 Å². The van der Waals surface area contributed by atoms with Crippen molar-refractivity contribution in [1.82, 2.24) is 25.3 Å². The van der Waals surface area contributed by atoms with E-state index in [2.05, 4.69) is 15.7 Å². The third-order valence-electron chi connectivity index (χ3n) is 6.01. The molecule has 2 N–H and O–H groups in total. The number of aromatic nitrogens is 2. The lowest BCUT2D eigenvalue weighted by Crippen LogP contribution is -2.42. The average molecular weight is 470 g/mol. The molecule has 0 radical (unpaired) electrons. The van der Waals surface area contributed by atoms with E-state index in [1.807, 2.05) is 6.07 Å². The van der Waals surface area contributed by atoms with Crippen LogP contribution in [0.2, 0.25) is 0 Å². The molecule has 34 heavy (non-hydrogen) atoms. The van der Waals surface area contributed by atoms with E-state index >= 15 is 0 Å². The molecule has 178 valence electrons. The van der Waals surface area contributed by atoms with E-state index in [-0.39, 0.29) is 17.5 Å². The van der Waals surface area contributed by atoms with Crippen molar-refractivity contribution in [2.75, 3.05) is 13.1 Å². The topological polar surface area (TPSA) is 120 Å². The lowest BCUT2D eigenvalue weighted by molar-refractivity contribution is -0.131. The summed E-state index contributed by atoms with van der Waals surface area (Å²) < 4.78 is 28.6. The number of likely N-dealkylation sites (tertiary alicyclic amines) is 1. The van der Waals surface area contributed by atoms with E-state index < -0.39 is 43.3 Å². The first-order valence-corrected chi connectivity index (χ1v) is 11.0. The van der Waals surface area contributed by atoms with E-state index in [1.54, 1.807) is 24.3 Å². The molecule has 4 rings (SSSR count). The van der Waals surface area contributed by atoms with Gasteiger partial charge in [-0.05, 0) is 37.0 Å². The number of hydrogen-bond donors (Lipinski definition) is 2. The standard InChI is InChI=1S/C23H24F2N6O3/c24-23(25)8-19(9-26)31(14-23)20(32)11-27-21(33)17-10-28-30(13-17)12-15-3-1-4-16(7-15)22(34)29-18-5-2-6-18/h1,3-4,7,10,13,18-19H,2,5-6,8,11-12,14H2,(H,27,33)(H,29,34)/t19-/m0/s1. The first-order chi connectivity index (χ1) is 16.2. The predicted molar refractivity (Wildman–Crippen MR) is 116 cm³/mol. The Hall–Kier alpha value is -3.81. The zero-order valence-electron chi connectivity index (χ0n) is 18.3. The number of carbonyl (C=O) groups is 3. The van der Waals surface area contributed by atoms with Crippen LogP contribution in [0.15, 0.2) is 36.7 Å². The van der Waals surface area contributed by atoms with E-state index in [9.17, 15) is 23.2 Å². The van der Waals surface area contributed by atoms with Crippen molar-refractivity contribution in [2.24, 2.45) is 0 Å². The van der Waals surface area contributed by atoms with Crippen molar-refractivity contribution in [3.8, 4) is 6.07 Å². The van der Waals surface area contributed by atoms with Gasteiger partial charge in [0.05, 0.1) is 37.5 Å². The van der Waals surface area contributed by atoms with Gasteiger partial charge in [-0.1, -0.05) is 12.1 Å². The Kier molecular flexibility index (Phi) is 6.58. The highest BCUT2D eigenvalue weighted by Crippen LogP contribution is 2.31. The molecular formula is C23H24F2N6O3. The number of halogens is 2. The predicted octanol–water partition coefficient (Wildman–Crippen LogP) is 1.70. The van der Waals surface area contributed by atoms with Crippen molar-refractivity contribution >= 4 is 17.7 Å². The molecular weight excluding hydrogens is 446 g/mol. The third-order valence-corrected chi connectivity index (χ3v) is 6.01. The van der Waals surface area contributed by atoms with Gasteiger partial charge in [-0.3, -0.25) is 19.1 Å². The molecule has 1 saturated heterocycles. The molecule has 2 aliphatic rings. The van der Waals surface area contributed by atoms with Crippen LogP contribution in [0.5, 0.6) is 0 Å². The Balaban J connectivity index is 1.31. The van der Waals surface area contributed by atoms with Crippen LogP contribution >= 0.6 is 0 Å². The van der Waals surface area contributed by atoms with Gasteiger partial charge in [0.1, 0.15) is 6.04 Å². The first-order valence-electron chi connectivity index (χ1n) is 11.0. The van der Waals surface area contributed by atoms with Crippen molar-refractivity contribution in [3.63, 3.8) is 0 Å². The largest absolute Gasteiger partial charge is 0.349 e. The van der Waals surface area contributed by atoms with Gasteiger partial charge in [0, 0.05) is 24.2 Å². The fourth-order valence-electron chi connectivity index (χ4n) is 3.94. The van der Waals surface area contributed by atoms with Gasteiger partial charge in [-0.25, -0.2) is 8.78 Å². The lowest BCUT2D eigenvalue weighted by atomic mass is 9.93. The normalized spacial score (nSPS) is 19.2. The fourth-order valence-corrected chi connectivity index (χ4v) is 3.94. The Labute approximate surface area is 194 Å². The smallest absolute Gasteiger partial charge is 0.268 e. The second-order valence-corrected chi connectivity index (χ2v) is 8.64. The zero-order valence-corrected chi connectivity index (χ0v) is 18.3. The van der Waals surface area contributed by atoms with Crippen LogP contribution in [0.4, 0.5) is 8.78 Å². The molecule has 1 aliphatic carbocycles. The fraction of sp³-hybridized carbons (Fsp3) is 0.435. The van der Waals surface area contributed by atoms with Gasteiger partial charge < -0.3 is 15.5 Å². The van der Waals surface area contributed by atoms with Crippen molar-refractivity contribution in [3.05, 3.63) is 53.3 Å². The van der Waals surface area contributed by atoms with Crippen molar-refractivity contribution in [2.45, 2.75) is 50.2 Å². The van der Waals surface area contributed by atoms with Gasteiger partial charge in [0.25, 0.3) is 17.7 Å². The summed E-state index contributed by atoms with van der Waals surface area (Å²) in [5.41, 5.74) is 1.57. The van der Waals surface area contributed by atoms with E-state index in [4.69, 9.17) is 5.26 Å². The first kappa shape index (κ1) is 23.4. The Morgan fingerprint density at radius 1 is 1.21 bits per heavy atom. The number of carbonyl (C=O) groups excluding carboxylic acids is 3. The second kappa shape index (κ2) is 9.59. The highest BCUT2D eigenvalue weighted by molar-refractivity contribution is 5.96. The summed E-state index contributed by atoms with van der Waals surface area (Å²) in [5, 5.41) is 18.5. The maximum Gasteiger partial charge on any atom is 0.268 e. The minimum absolute atomic E-state index is 0.119. The SMILES string of the molecule is N#C[C@@H]1CC(F)(F)CN1C(=O)CNC(=O)c1cnn(Cc2cccc(C(=O)NC3CCC3)c2)c1. The third kappa shape index (κ3) is 5.39. The molecule has 1 aromatic carbocycles.